The molecule has 3 N–H and O–H groups in total. The van der Waals surface area contributed by atoms with Gasteiger partial charge in [0.15, 0.2) is 0 Å². The second kappa shape index (κ2) is 6.68. The lowest BCUT2D eigenvalue weighted by Gasteiger charge is -2.32. The van der Waals surface area contributed by atoms with Gasteiger partial charge in [-0.1, -0.05) is 30.3 Å². The standard InChI is InChI=1S/C15H23N3O/c1-17-15(19)13-7-9-18(10-8-13)11-14(16)12-5-3-2-4-6-12/h2-6,13-14H,7-11,16H2,1H3,(H,17,19). The van der Waals surface area contributed by atoms with E-state index in [-0.39, 0.29) is 17.9 Å². The lowest BCUT2D eigenvalue weighted by atomic mass is 9.95. The second-order valence-electron chi connectivity index (χ2n) is 5.21. The number of likely N-dealkylation sites (tertiary alicyclic amines) is 1. The van der Waals surface area contributed by atoms with Crippen LogP contribution in [0.4, 0.5) is 0 Å². The minimum atomic E-state index is 0.0535. The van der Waals surface area contributed by atoms with E-state index >= 15 is 0 Å². The molecule has 1 aromatic carbocycles. The third-order valence-corrected chi connectivity index (χ3v) is 3.89. The number of benzene rings is 1. The minimum Gasteiger partial charge on any atom is -0.359 e. The normalized spacial score (nSPS) is 19.1. The van der Waals surface area contributed by atoms with Crippen LogP contribution in [0, 0.1) is 5.92 Å². The van der Waals surface area contributed by atoms with Crippen molar-refractivity contribution in [1.82, 2.24) is 10.2 Å². The molecular formula is C15H23N3O. The fourth-order valence-electron chi connectivity index (χ4n) is 2.67. The molecular weight excluding hydrogens is 238 g/mol. The lowest BCUT2D eigenvalue weighted by molar-refractivity contribution is -0.125. The van der Waals surface area contributed by atoms with E-state index in [9.17, 15) is 4.79 Å². The van der Waals surface area contributed by atoms with Crippen molar-refractivity contribution in [2.24, 2.45) is 11.7 Å². The van der Waals surface area contributed by atoms with Gasteiger partial charge in [0.05, 0.1) is 0 Å². The molecule has 1 saturated heterocycles. The van der Waals surface area contributed by atoms with Gasteiger partial charge in [-0.15, -0.1) is 0 Å². The van der Waals surface area contributed by atoms with Gasteiger partial charge in [0.25, 0.3) is 0 Å². The molecule has 2 rings (SSSR count). The van der Waals surface area contributed by atoms with E-state index in [2.05, 4.69) is 22.3 Å². The molecule has 1 fully saturated rings. The molecule has 0 radical (unpaired) electrons. The van der Waals surface area contributed by atoms with Crippen molar-refractivity contribution >= 4 is 5.91 Å². The van der Waals surface area contributed by atoms with Crippen LogP contribution in [0.3, 0.4) is 0 Å². The van der Waals surface area contributed by atoms with Crippen LogP contribution < -0.4 is 11.1 Å². The van der Waals surface area contributed by atoms with Crippen LogP contribution in [-0.4, -0.2) is 37.5 Å². The molecule has 19 heavy (non-hydrogen) atoms. The summed E-state index contributed by atoms with van der Waals surface area (Å²) in [6.45, 7) is 2.78. The van der Waals surface area contributed by atoms with E-state index in [0.717, 1.165) is 32.5 Å². The SMILES string of the molecule is CNC(=O)C1CCN(CC(N)c2ccccc2)CC1. The van der Waals surface area contributed by atoms with Gasteiger partial charge in [-0.05, 0) is 31.5 Å². The number of carbonyl (C=O) groups is 1. The highest BCUT2D eigenvalue weighted by atomic mass is 16.1. The molecule has 1 aliphatic rings. The molecule has 4 heteroatoms. The van der Waals surface area contributed by atoms with Crippen LogP contribution >= 0.6 is 0 Å². The van der Waals surface area contributed by atoms with Crippen LogP contribution in [0.1, 0.15) is 24.4 Å². The van der Waals surface area contributed by atoms with Crippen molar-refractivity contribution in [3.63, 3.8) is 0 Å². The fourth-order valence-corrected chi connectivity index (χ4v) is 2.67. The Kier molecular flexibility index (Phi) is 4.93. The molecule has 1 heterocycles. The third kappa shape index (κ3) is 3.78. The highest BCUT2D eigenvalue weighted by Crippen LogP contribution is 2.19. The predicted molar refractivity (Wildman–Crippen MR) is 76.6 cm³/mol. The number of amides is 1. The number of carbonyl (C=O) groups excluding carboxylic acids is 1. The summed E-state index contributed by atoms with van der Waals surface area (Å²) in [7, 11) is 1.71. The van der Waals surface area contributed by atoms with Gasteiger partial charge in [-0.25, -0.2) is 0 Å². The van der Waals surface area contributed by atoms with Crippen molar-refractivity contribution in [3.8, 4) is 0 Å². The van der Waals surface area contributed by atoms with E-state index in [1.807, 2.05) is 18.2 Å². The number of hydrogen-bond acceptors (Lipinski definition) is 3. The van der Waals surface area contributed by atoms with Crippen molar-refractivity contribution in [2.45, 2.75) is 18.9 Å². The maximum absolute atomic E-state index is 11.6. The largest absolute Gasteiger partial charge is 0.359 e. The maximum atomic E-state index is 11.6. The number of nitrogens with two attached hydrogens (primary N) is 1. The smallest absolute Gasteiger partial charge is 0.222 e. The van der Waals surface area contributed by atoms with E-state index in [4.69, 9.17) is 5.73 Å². The zero-order chi connectivity index (χ0) is 13.7. The van der Waals surface area contributed by atoms with E-state index in [1.165, 1.54) is 5.56 Å². The van der Waals surface area contributed by atoms with Crippen LogP contribution in [0.5, 0.6) is 0 Å². The van der Waals surface area contributed by atoms with Crippen molar-refractivity contribution in [2.75, 3.05) is 26.7 Å². The first-order valence-electron chi connectivity index (χ1n) is 6.95. The summed E-state index contributed by atoms with van der Waals surface area (Å²) < 4.78 is 0. The molecule has 1 aliphatic heterocycles. The third-order valence-electron chi connectivity index (χ3n) is 3.89. The Balaban J connectivity index is 1.81. The van der Waals surface area contributed by atoms with Gasteiger partial charge >= 0.3 is 0 Å². The summed E-state index contributed by atoms with van der Waals surface area (Å²) in [5.41, 5.74) is 7.40. The van der Waals surface area contributed by atoms with Crippen LogP contribution in [0.25, 0.3) is 0 Å². The van der Waals surface area contributed by atoms with Crippen LogP contribution in [-0.2, 0) is 4.79 Å². The van der Waals surface area contributed by atoms with Crippen molar-refractivity contribution in [3.05, 3.63) is 35.9 Å². The second-order valence-corrected chi connectivity index (χ2v) is 5.21. The first kappa shape index (κ1) is 14.0. The number of rotatable bonds is 4. The molecule has 0 spiro atoms. The fraction of sp³-hybridized carbons (Fsp3) is 0.533. The summed E-state index contributed by atoms with van der Waals surface area (Å²) in [5, 5.41) is 2.73. The molecule has 1 aromatic rings. The Hall–Kier alpha value is -1.39. The zero-order valence-corrected chi connectivity index (χ0v) is 11.5. The molecule has 1 unspecified atom stereocenters. The van der Waals surface area contributed by atoms with Crippen LogP contribution in [0.2, 0.25) is 0 Å². The average Bonchev–Trinajstić information content (AvgIpc) is 2.48. The number of piperidine rings is 1. The Labute approximate surface area is 115 Å². The number of hydrogen-bond donors (Lipinski definition) is 2. The Morgan fingerprint density at radius 3 is 2.58 bits per heavy atom. The number of nitrogens with one attached hydrogen (secondary N) is 1. The quantitative estimate of drug-likeness (QED) is 0.854. The van der Waals surface area contributed by atoms with E-state index < -0.39 is 0 Å². The van der Waals surface area contributed by atoms with Gasteiger partial charge < -0.3 is 16.0 Å². The van der Waals surface area contributed by atoms with E-state index in [1.54, 1.807) is 7.05 Å². The first-order valence-corrected chi connectivity index (χ1v) is 6.95. The minimum absolute atomic E-state index is 0.0535. The maximum Gasteiger partial charge on any atom is 0.222 e. The first-order chi connectivity index (χ1) is 9.20. The van der Waals surface area contributed by atoms with Gasteiger partial charge in [0, 0.05) is 25.6 Å². The molecule has 4 nitrogen and oxygen atoms in total. The van der Waals surface area contributed by atoms with Crippen molar-refractivity contribution in [1.29, 1.82) is 0 Å². The van der Waals surface area contributed by atoms with Crippen molar-refractivity contribution < 1.29 is 4.79 Å². The summed E-state index contributed by atoms with van der Waals surface area (Å²) in [6, 6.07) is 10.2. The molecule has 0 bridgehead atoms. The molecule has 0 aliphatic carbocycles. The van der Waals surface area contributed by atoms with Gasteiger partial charge in [0.1, 0.15) is 0 Å². The summed E-state index contributed by atoms with van der Waals surface area (Å²) >= 11 is 0. The summed E-state index contributed by atoms with van der Waals surface area (Å²) in [6.07, 6.45) is 1.86. The van der Waals surface area contributed by atoms with Gasteiger partial charge in [-0.2, -0.15) is 0 Å². The highest BCUT2D eigenvalue weighted by Gasteiger charge is 2.25. The highest BCUT2D eigenvalue weighted by molar-refractivity contribution is 5.78. The zero-order valence-electron chi connectivity index (χ0n) is 11.5. The molecule has 1 amide bonds. The molecule has 1 atom stereocenters. The van der Waals surface area contributed by atoms with E-state index in [0.29, 0.717) is 0 Å². The lowest BCUT2D eigenvalue weighted by Crippen LogP contribution is -2.42. The molecule has 0 saturated carbocycles. The van der Waals surface area contributed by atoms with Gasteiger partial charge in [-0.3, -0.25) is 4.79 Å². The Bertz CT molecular complexity index is 399. The van der Waals surface area contributed by atoms with Gasteiger partial charge in [0.2, 0.25) is 5.91 Å². The monoisotopic (exact) mass is 261 g/mol. The van der Waals surface area contributed by atoms with Crippen LogP contribution in [0.15, 0.2) is 30.3 Å². The number of nitrogens with zero attached hydrogens (tertiary/aromatic N) is 1. The predicted octanol–water partition coefficient (Wildman–Crippen LogP) is 1.14. The Morgan fingerprint density at radius 1 is 1.37 bits per heavy atom. The molecule has 0 aromatic heterocycles. The summed E-state index contributed by atoms with van der Waals surface area (Å²) in [4.78, 5) is 13.9. The summed E-state index contributed by atoms with van der Waals surface area (Å²) in [5.74, 6) is 0.348. The molecule has 104 valence electrons. The topological polar surface area (TPSA) is 58.4 Å². The Morgan fingerprint density at radius 2 is 2.00 bits per heavy atom. The average molecular weight is 261 g/mol.